The lowest BCUT2D eigenvalue weighted by Gasteiger charge is -2.31. The number of carbonyl (C=O) groups is 2. The van der Waals surface area contributed by atoms with Gasteiger partial charge in [0.2, 0.25) is 5.91 Å². The molecule has 3 heterocycles. The van der Waals surface area contributed by atoms with Crippen molar-refractivity contribution in [2.75, 3.05) is 23.8 Å². The van der Waals surface area contributed by atoms with Crippen LogP contribution in [0.25, 0.3) is 0 Å². The van der Waals surface area contributed by atoms with E-state index in [1.165, 1.54) is 30.0 Å². The zero-order chi connectivity index (χ0) is 29.7. The molecule has 0 spiro atoms. The summed E-state index contributed by atoms with van der Waals surface area (Å²) in [6, 6.07) is 10.1. The van der Waals surface area contributed by atoms with Crippen molar-refractivity contribution in [2.45, 2.75) is 63.1 Å². The van der Waals surface area contributed by atoms with Crippen molar-refractivity contribution >= 4 is 35.0 Å². The van der Waals surface area contributed by atoms with Crippen molar-refractivity contribution in [1.29, 1.82) is 0 Å². The van der Waals surface area contributed by atoms with Crippen LogP contribution in [0, 0.1) is 11.7 Å². The minimum atomic E-state index is -0.889. The number of aromatic nitrogens is 2. The predicted octanol–water partition coefficient (Wildman–Crippen LogP) is 5.70. The molecule has 3 amide bonds. The molecular formula is C31H36ClFN6O3. The zero-order valence-electron chi connectivity index (χ0n) is 23.6. The second-order valence-corrected chi connectivity index (χ2v) is 11.5. The summed E-state index contributed by atoms with van der Waals surface area (Å²) < 4.78 is 21.0. The van der Waals surface area contributed by atoms with Gasteiger partial charge in [-0.2, -0.15) is 0 Å². The Kier molecular flexibility index (Phi) is 9.35. The molecule has 3 atom stereocenters. The van der Waals surface area contributed by atoms with Gasteiger partial charge in [-0.1, -0.05) is 37.4 Å². The van der Waals surface area contributed by atoms with Gasteiger partial charge in [-0.25, -0.2) is 14.2 Å². The SMILES string of the molecule is CCCOC1CC(C(=O)Nc2cc(C(N)(CCC3CC3)c3ccncc3)ccc2F)N(C(=O)Nc2ccc(Cl)cn2)C1. The van der Waals surface area contributed by atoms with E-state index in [-0.39, 0.29) is 24.8 Å². The predicted molar refractivity (Wildman–Crippen MR) is 160 cm³/mol. The number of hydrogen-bond acceptors (Lipinski definition) is 6. The van der Waals surface area contributed by atoms with Crippen molar-refractivity contribution in [1.82, 2.24) is 14.9 Å². The molecular weight excluding hydrogens is 559 g/mol. The van der Waals surface area contributed by atoms with E-state index in [4.69, 9.17) is 22.1 Å². The average molecular weight is 595 g/mol. The third-order valence-corrected chi connectivity index (χ3v) is 8.15. The van der Waals surface area contributed by atoms with Crippen LogP contribution in [0.1, 0.15) is 56.6 Å². The molecule has 4 N–H and O–H groups in total. The van der Waals surface area contributed by atoms with Crippen LogP contribution in [-0.4, -0.2) is 52.1 Å². The summed E-state index contributed by atoms with van der Waals surface area (Å²) in [4.78, 5) is 36.5. The Labute approximate surface area is 250 Å². The number of halogens is 2. The molecule has 5 rings (SSSR count). The normalized spacial score (nSPS) is 19.8. The number of pyridine rings is 2. The number of likely N-dealkylation sites (tertiary alicyclic amines) is 1. The Morgan fingerprint density at radius 3 is 2.62 bits per heavy atom. The topological polar surface area (TPSA) is 122 Å². The van der Waals surface area contributed by atoms with Crippen molar-refractivity contribution in [3.63, 3.8) is 0 Å². The van der Waals surface area contributed by atoms with Crippen LogP contribution in [0.4, 0.5) is 20.7 Å². The number of urea groups is 1. The quantitative estimate of drug-likeness (QED) is 0.262. The van der Waals surface area contributed by atoms with Crippen LogP contribution in [0.15, 0.2) is 61.1 Å². The van der Waals surface area contributed by atoms with Gasteiger partial charge in [0.1, 0.15) is 17.7 Å². The minimum absolute atomic E-state index is 0.00505. The second kappa shape index (κ2) is 13.1. The Hall–Kier alpha value is -3.60. The van der Waals surface area contributed by atoms with E-state index in [9.17, 15) is 9.59 Å². The molecule has 42 heavy (non-hydrogen) atoms. The average Bonchev–Trinajstić information content (AvgIpc) is 3.73. The van der Waals surface area contributed by atoms with Crippen LogP contribution >= 0.6 is 11.6 Å². The first-order valence-corrected chi connectivity index (χ1v) is 14.8. The second-order valence-electron chi connectivity index (χ2n) is 11.1. The Morgan fingerprint density at radius 2 is 1.93 bits per heavy atom. The van der Waals surface area contributed by atoms with E-state index in [0.29, 0.717) is 35.3 Å². The number of nitrogens with two attached hydrogens (primary N) is 1. The highest BCUT2D eigenvalue weighted by Gasteiger charge is 2.41. The molecule has 11 heteroatoms. The molecule has 1 saturated heterocycles. The Morgan fingerprint density at radius 1 is 1.14 bits per heavy atom. The van der Waals surface area contributed by atoms with Crippen LogP contribution in [0.5, 0.6) is 0 Å². The molecule has 9 nitrogen and oxygen atoms in total. The van der Waals surface area contributed by atoms with Gasteiger partial charge in [0.05, 0.1) is 22.4 Å². The number of amides is 3. The van der Waals surface area contributed by atoms with Gasteiger partial charge in [-0.15, -0.1) is 0 Å². The molecule has 3 unspecified atom stereocenters. The van der Waals surface area contributed by atoms with Crippen LogP contribution < -0.4 is 16.4 Å². The van der Waals surface area contributed by atoms with E-state index in [1.54, 1.807) is 36.7 Å². The van der Waals surface area contributed by atoms with E-state index in [0.717, 1.165) is 18.4 Å². The Bertz CT molecular complexity index is 1390. The third-order valence-electron chi connectivity index (χ3n) is 7.92. The number of rotatable bonds is 11. The number of hydrogen-bond donors (Lipinski definition) is 3. The molecule has 0 bridgehead atoms. The smallest absolute Gasteiger partial charge is 0.323 e. The summed E-state index contributed by atoms with van der Waals surface area (Å²) in [5, 5.41) is 5.88. The maximum Gasteiger partial charge on any atom is 0.323 e. The number of ether oxygens (including phenoxy) is 1. The molecule has 1 aliphatic carbocycles. The number of carbonyl (C=O) groups excluding carboxylic acids is 2. The van der Waals surface area contributed by atoms with Gasteiger partial charge in [0.15, 0.2) is 0 Å². The lowest BCUT2D eigenvalue weighted by Crippen LogP contribution is -2.45. The first kappa shape index (κ1) is 29.9. The fourth-order valence-corrected chi connectivity index (χ4v) is 5.48. The first-order chi connectivity index (χ1) is 20.3. The fourth-order valence-electron chi connectivity index (χ4n) is 5.36. The first-order valence-electron chi connectivity index (χ1n) is 14.4. The summed E-state index contributed by atoms with van der Waals surface area (Å²) in [6.45, 7) is 2.69. The van der Waals surface area contributed by atoms with Crippen molar-refractivity contribution < 1.29 is 18.7 Å². The van der Waals surface area contributed by atoms with E-state index < -0.39 is 29.3 Å². The largest absolute Gasteiger partial charge is 0.376 e. The summed E-state index contributed by atoms with van der Waals surface area (Å²) in [5.74, 6) is -0.163. The van der Waals surface area contributed by atoms with Crippen LogP contribution in [-0.2, 0) is 15.1 Å². The summed E-state index contributed by atoms with van der Waals surface area (Å²) in [7, 11) is 0. The van der Waals surface area contributed by atoms with Gasteiger partial charge in [-0.05, 0) is 72.7 Å². The lowest BCUT2D eigenvalue weighted by atomic mass is 9.79. The van der Waals surface area contributed by atoms with Crippen LogP contribution in [0.3, 0.4) is 0 Å². The third kappa shape index (κ3) is 7.06. The van der Waals surface area contributed by atoms with Gasteiger partial charge in [0.25, 0.3) is 0 Å². The number of nitrogens with zero attached hydrogens (tertiary/aromatic N) is 3. The van der Waals surface area contributed by atoms with Crippen molar-refractivity contribution in [3.05, 3.63) is 83.0 Å². The number of nitrogens with one attached hydrogen (secondary N) is 2. The van der Waals surface area contributed by atoms with Gasteiger partial charge < -0.3 is 20.7 Å². The van der Waals surface area contributed by atoms with Crippen molar-refractivity contribution in [3.8, 4) is 0 Å². The molecule has 1 aliphatic heterocycles. The molecule has 3 aromatic rings. The Balaban J connectivity index is 1.37. The number of anilines is 2. The molecule has 2 aliphatic rings. The summed E-state index contributed by atoms with van der Waals surface area (Å²) >= 11 is 5.91. The van der Waals surface area contributed by atoms with E-state index in [2.05, 4.69) is 20.6 Å². The molecule has 1 aromatic carbocycles. The van der Waals surface area contributed by atoms with E-state index in [1.807, 2.05) is 19.1 Å². The molecule has 2 aromatic heterocycles. The lowest BCUT2D eigenvalue weighted by molar-refractivity contribution is -0.119. The van der Waals surface area contributed by atoms with Gasteiger partial charge in [0, 0.05) is 38.2 Å². The highest BCUT2D eigenvalue weighted by molar-refractivity contribution is 6.30. The maximum absolute atomic E-state index is 15.1. The van der Waals surface area contributed by atoms with E-state index >= 15 is 4.39 Å². The van der Waals surface area contributed by atoms with Gasteiger partial charge >= 0.3 is 6.03 Å². The highest BCUT2D eigenvalue weighted by Crippen LogP contribution is 2.40. The number of benzene rings is 1. The minimum Gasteiger partial charge on any atom is -0.376 e. The molecule has 222 valence electrons. The summed E-state index contributed by atoms with van der Waals surface area (Å²) in [6.07, 6.45) is 9.54. The molecule has 2 fully saturated rings. The molecule has 0 radical (unpaired) electrons. The highest BCUT2D eigenvalue weighted by atomic mass is 35.5. The monoisotopic (exact) mass is 594 g/mol. The summed E-state index contributed by atoms with van der Waals surface area (Å²) in [5.41, 5.74) is 7.71. The standard InChI is InChI=1S/C31H36ClFN6O3/c1-2-15-42-24-17-27(39(19-24)30(41)38-28-8-6-23(32)18-36-28)29(40)37-26-16-22(5-7-25(26)33)31(34,12-9-20-3-4-20)21-10-13-35-14-11-21/h5-8,10-11,13-14,16,18,20,24,27H,2-4,9,12,15,17,19,34H2,1H3,(H,37,40)(H,36,38,41). The maximum atomic E-state index is 15.1. The van der Waals surface area contributed by atoms with Crippen molar-refractivity contribution in [2.24, 2.45) is 11.7 Å². The molecule has 1 saturated carbocycles. The fraction of sp³-hybridized carbons (Fsp3) is 0.419. The van der Waals surface area contributed by atoms with Gasteiger partial charge in [-0.3, -0.25) is 15.1 Å². The van der Waals surface area contributed by atoms with Crippen LogP contribution in [0.2, 0.25) is 5.02 Å². The zero-order valence-corrected chi connectivity index (χ0v) is 24.3.